The van der Waals surface area contributed by atoms with E-state index in [1.54, 1.807) is 0 Å². The molecule has 0 fully saturated rings. The van der Waals surface area contributed by atoms with Crippen molar-refractivity contribution in [2.75, 3.05) is 6.61 Å². The van der Waals surface area contributed by atoms with Crippen molar-refractivity contribution >= 4 is 0 Å². The third kappa shape index (κ3) is 5.17. The highest BCUT2D eigenvalue weighted by Gasteiger charge is 2.16. The van der Waals surface area contributed by atoms with Crippen LogP contribution >= 0.6 is 0 Å². The van der Waals surface area contributed by atoms with E-state index in [1.165, 1.54) is 5.56 Å². The van der Waals surface area contributed by atoms with Crippen molar-refractivity contribution in [2.45, 2.75) is 40.2 Å². The quantitative estimate of drug-likeness (QED) is 0.848. The number of aliphatic hydroxyl groups is 1. The van der Waals surface area contributed by atoms with E-state index in [1.807, 2.05) is 31.2 Å². The molecule has 0 saturated heterocycles. The van der Waals surface area contributed by atoms with Gasteiger partial charge in [-0.15, -0.1) is 0 Å². The Hall–Kier alpha value is -1.02. The molecule has 0 heterocycles. The van der Waals surface area contributed by atoms with Gasteiger partial charge >= 0.3 is 0 Å². The zero-order valence-corrected chi connectivity index (χ0v) is 10.7. The Kier molecular flexibility index (Phi) is 4.36. The number of ether oxygens (including phenoxy) is 1. The standard InChI is InChI=1S/C14H22O2/c1-11-5-7-13(8-6-11)16-10-12(15)9-14(2,3)4/h5-8,12,15H,9-10H2,1-4H3/t12-/m0/s1. The van der Waals surface area contributed by atoms with E-state index in [0.29, 0.717) is 6.61 Å². The van der Waals surface area contributed by atoms with Gasteiger partial charge in [-0.25, -0.2) is 0 Å². The summed E-state index contributed by atoms with van der Waals surface area (Å²) in [6, 6.07) is 7.87. The summed E-state index contributed by atoms with van der Waals surface area (Å²) in [7, 11) is 0. The molecule has 1 atom stereocenters. The Morgan fingerprint density at radius 1 is 1.19 bits per heavy atom. The number of hydrogen-bond acceptors (Lipinski definition) is 2. The minimum absolute atomic E-state index is 0.135. The Morgan fingerprint density at radius 2 is 1.75 bits per heavy atom. The number of benzene rings is 1. The monoisotopic (exact) mass is 222 g/mol. The molecule has 2 heteroatoms. The molecule has 1 N–H and O–H groups in total. The second-order valence-electron chi connectivity index (χ2n) is 5.54. The number of hydrogen-bond donors (Lipinski definition) is 1. The molecule has 16 heavy (non-hydrogen) atoms. The molecule has 0 aliphatic heterocycles. The summed E-state index contributed by atoms with van der Waals surface area (Å²) in [6.45, 7) is 8.74. The molecule has 0 aromatic heterocycles. The Balaban J connectivity index is 2.37. The van der Waals surface area contributed by atoms with Crippen LogP contribution in [0.3, 0.4) is 0 Å². The summed E-state index contributed by atoms with van der Waals surface area (Å²) < 4.78 is 5.52. The van der Waals surface area contributed by atoms with E-state index in [9.17, 15) is 5.11 Å². The Morgan fingerprint density at radius 3 is 2.25 bits per heavy atom. The predicted molar refractivity (Wildman–Crippen MR) is 66.8 cm³/mol. The van der Waals surface area contributed by atoms with Crippen LogP contribution in [0.2, 0.25) is 0 Å². The first kappa shape index (κ1) is 13.0. The van der Waals surface area contributed by atoms with E-state index in [4.69, 9.17) is 4.74 Å². The van der Waals surface area contributed by atoms with Crippen LogP contribution in [0.25, 0.3) is 0 Å². The first-order valence-electron chi connectivity index (χ1n) is 5.74. The fourth-order valence-corrected chi connectivity index (χ4v) is 1.59. The average molecular weight is 222 g/mol. The van der Waals surface area contributed by atoms with Crippen molar-refractivity contribution in [2.24, 2.45) is 5.41 Å². The number of rotatable bonds is 4. The molecule has 0 aliphatic rings. The van der Waals surface area contributed by atoms with E-state index in [2.05, 4.69) is 20.8 Å². The van der Waals surface area contributed by atoms with E-state index in [0.717, 1.165) is 12.2 Å². The summed E-state index contributed by atoms with van der Waals surface area (Å²) in [5.74, 6) is 0.818. The highest BCUT2D eigenvalue weighted by molar-refractivity contribution is 5.26. The molecule has 0 saturated carbocycles. The summed E-state index contributed by atoms with van der Waals surface area (Å²) in [5, 5.41) is 9.78. The van der Waals surface area contributed by atoms with Gasteiger partial charge in [-0.2, -0.15) is 0 Å². The third-order valence-electron chi connectivity index (χ3n) is 2.31. The smallest absolute Gasteiger partial charge is 0.119 e. The van der Waals surface area contributed by atoms with E-state index in [-0.39, 0.29) is 5.41 Å². The lowest BCUT2D eigenvalue weighted by molar-refractivity contribution is 0.0710. The van der Waals surface area contributed by atoms with Gasteiger partial charge in [-0.1, -0.05) is 38.5 Å². The zero-order chi connectivity index (χ0) is 12.2. The van der Waals surface area contributed by atoms with Crippen LogP contribution in [0, 0.1) is 12.3 Å². The fourth-order valence-electron chi connectivity index (χ4n) is 1.59. The average Bonchev–Trinajstić information content (AvgIpc) is 2.14. The first-order valence-corrected chi connectivity index (χ1v) is 5.74. The maximum atomic E-state index is 9.78. The Bertz CT molecular complexity index is 309. The molecule has 0 radical (unpaired) electrons. The maximum absolute atomic E-state index is 9.78. The lowest BCUT2D eigenvalue weighted by atomic mass is 9.89. The van der Waals surface area contributed by atoms with Crippen LogP contribution in [-0.2, 0) is 0 Å². The SMILES string of the molecule is Cc1ccc(OC[C@@H](O)CC(C)(C)C)cc1. The van der Waals surface area contributed by atoms with Crippen LogP contribution in [0.1, 0.15) is 32.8 Å². The van der Waals surface area contributed by atoms with Crippen molar-refractivity contribution in [3.05, 3.63) is 29.8 Å². The molecule has 1 aromatic carbocycles. The maximum Gasteiger partial charge on any atom is 0.119 e. The Labute approximate surface area is 98.3 Å². The fraction of sp³-hybridized carbons (Fsp3) is 0.571. The van der Waals surface area contributed by atoms with Crippen molar-refractivity contribution < 1.29 is 9.84 Å². The van der Waals surface area contributed by atoms with Crippen LogP contribution < -0.4 is 4.74 Å². The molecule has 1 rings (SSSR count). The third-order valence-corrected chi connectivity index (χ3v) is 2.31. The van der Waals surface area contributed by atoms with Gasteiger partial charge in [0.2, 0.25) is 0 Å². The first-order chi connectivity index (χ1) is 7.37. The molecule has 0 bridgehead atoms. The van der Waals surface area contributed by atoms with Gasteiger partial charge in [0.05, 0.1) is 6.10 Å². The summed E-state index contributed by atoms with van der Waals surface area (Å²) in [4.78, 5) is 0. The largest absolute Gasteiger partial charge is 0.491 e. The predicted octanol–water partition coefficient (Wildman–Crippen LogP) is 3.17. The van der Waals surface area contributed by atoms with Crippen LogP contribution in [0.15, 0.2) is 24.3 Å². The van der Waals surface area contributed by atoms with Gasteiger partial charge in [0.1, 0.15) is 12.4 Å². The molecule has 2 nitrogen and oxygen atoms in total. The lowest BCUT2D eigenvalue weighted by Gasteiger charge is -2.22. The van der Waals surface area contributed by atoms with E-state index < -0.39 is 6.10 Å². The highest BCUT2D eigenvalue weighted by Crippen LogP contribution is 2.21. The van der Waals surface area contributed by atoms with Crippen LogP contribution in [0.5, 0.6) is 5.75 Å². The van der Waals surface area contributed by atoms with Crippen molar-refractivity contribution in [3.8, 4) is 5.75 Å². The highest BCUT2D eigenvalue weighted by atomic mass is 16.5. The van der Waals surface area contributed by atoms with Gasteiger partial charge in [0.15, 0.2) is 0 Å². The van der Waals surface area contributed by atoms with Crippen molar-refractivity contribution in [1.82, 2.24) is 0 Å². The molecule has 0 aliphatic carbocycles. The van der Waals surface area contributed by atoms with Crippen LogP contribution in [-0.4, -0.2) is 17.8 Å². The second kappa shape index (κ2) is 5.35. The van der Waals surface area contributed by atoms with Gasteiger partial charge < -0.3 is 9.84 Å². The van der Waals surface area contributed by atoms with Gasteiger partial charge in [-0.3, -0.25) is 0 Å². The van der Waals surface area contributed by atoms with Gasteiger partial charge in [-0.05, 0) is 30.9 Å². The van der Waals surface area contributed by atoms with Crippen LogP contribution in [0.4, 0.5) is 0 Å². The normalized spacial score (nSPS) is 13.6. The summed E-state index contributed by atoms with van der Waals surface area (Å²) in [6.07, 6.45) is 0.347. The second-order valence-corrected chi connectivity index (χ2v) is 5.54. The van der Waals surface area contributed by atoms with E-state index >= 15 is 0 Å². The molecular formula is C14H22O2. The molecular weight excluding hydrogens is 200 g/mol. The lowest BCUT2D eigenvalue weighted by Crippen LogP contribution is -2.23. The van der Waals surface area contributed by atoms with Gasteiger partial charge in [0.25, 0.3) is 0 Å². The minimum Gasteiger partial charge on any atom is -0.491 e. The molecule has 0 unspecified atom stereocenters. The number of aliphatic hydroxyl groups excluding tert-OH is 1. The number of aryl methyl sites for hydroxylation is 1. The van der Waals surface area contributed by atoms with Gasteiger partial charge in [0, 0.05) is 0 Å². The summed E-state index contributed by atoms with van der Waals surface area (Å²) >= 11 is 0. The minimum atomic E-state index is -0.402. The molecule has 1 aromatic rings. The van der Waals surface area contributed by atoms with Crippen molar-refractivity contribution in [1.29, 1.82) is 0 Å². The molecule has 0 spiro atoms. The summed E-state index contributed by atoms with van der Waals surface area (Å²) in [5.41, 5.74) is 1.35. The van der Waals surface area contributed by atoms with Crippen molar-refractivity contribution in [3.63, 3.8) is 0 Å². The zero-order valence-electron chi connectivity index (χ0n) is 10.7. The molecule has 0 amide bonds. The topological polar surface area (TPSA) is 29.5 Å². The molecule has 90 valence electrons.